The monoisotopic (exact) mass is 492 g/mol. The number of rotatable bonds is 9. The summed E-state index contributed by atoms with van der Waals surface area (Å²) in [5, 5.41) is 5.17. The van der Waals surface area contributed by atoms with Crippen LogP contribution in [-0.4, -0.2) is 32.1 Å². The average molecular weight is 493 g/mol. The standard InChI is InChI=1S/C28H32N2O4S/c1-19-13-15-21(16-14-19)30(25(31)18-22-10-7-17-35-22)26(28(32)29-20-8-4-5-9-20)23-11-6-12-24(33-2)27(23)34-3/h6-7,10-17,20,26H,4-5,8-9,18H2,1-3H3,(H,29,32). The number of amides is 2. The number of ether oxygens (including phenoxy) is 2. The van der Waals surface area contributed by atoms with Crippen LogP contribution in [0.5, 0.6) is 11.5 Å². The Morgan fingerprint density at radius 3 is 2.40 bits per heavy atom. The predicted octanol–water partition coefficient (Wildman–Crippen LogP) is 5.45. The number of nitrogens with zero attached hydrogens (tertiary/aromatic N) is 1. The summed E-state index contributed by atoms with van der Waals surface area (Å²) in [5.41, 5.74) is 2.32. The molecule has 7 heteroatoms. The molecule has 0 radical (unpaired) electrons. The lowest BCUT2D eigenvalue weighted by Gasteiger charge is -2.33. The molecule has 35 heavy (non-hydrogen) atoms. The van der Waals surface area contributed by atoms with Gasteiger partial charge < -0.3 is 14.8 Å². The molecule has 4 rings (SSSR count). The molecular weight excluding hydrogens is 460 g/mol. The van der Waals surface area contributed by atoms with Gasteiger partial charge in [0.05, 0.1) is 20.6 Å². The van der Waals surface area contributed by atoms with Crippen LogP contribution in [0.15, 0.2) is 60.0 Å². The summed E-state index contributed by atoms with van der Waals surface area (Å²) in [4.78, 5) is 30.4. The first-order chi connectivity index (χ1) is 17.0. The van der Waals surface area contributed by atoms with Crippen LogP contribution in [-0.2, 0) is 16.0 Å². The number of nitrogens with one attached hydrogen (secondary N) is 1. The Morgan fingerprint density at radius 2 is 1.77 bits per heavy atom. The molecular formula is C28H32N2O4S. The molecule has 1 N–H and O–H groups in total. The minimum absolute atomic E-state index is 0.105. The topological polar surface area (TPSA) is 67.9 Å². The van der Waals surface area contributed by atoms with Crippen molar-refractivity contribution in [3.8, 4) is 11.5 Å². The van der Waals surface area contributed by atoms with Gasteiger partial charge in [-0.2, -0.15) is 0 Å². The highest BCUT2D eigenvalue weighted by molar-refractivity contribution is 7.10. The van der Waals surface area contributed by atoms with Crippen molar-refractivity contribution in [2.45, 2.75) is 51.1 Å². The largest absolute Gasteiger partial charge is 0.493 e. The summed E-state index contributed by atoms with van der Waals surface area (Å²) in [6.07, 6.45) is 4.28. The van der Waals surface area contributed by atoms with E-state index in [1.54, 1.807) is 25.2 Å². The maximum Gasteiger partial charge on any atom is 0.248 e. The second kappa shape index (κ2) is 11.4. The number of aryl methyl sites for hydroxylation is 1. The van der Waals surface area contributed by atoms with Crippen molar-refractivity contribution in [3.63, 3.8) is 0 Å². The highest BCUT2D eigenvalue weighted by atomic mass is 32.1. The number of hydrogen-bond acceptors (Lipinski definition) is 5. The van der Waals surface area contributed by atoms with Gasteiger partial charge in [-0.1, -0.05) is 48.7 Å². The van der Waals surface area contributed by atoms with Crippen LogP contribution in [0.1, 0.15) is 47.7 Å². The van der Waals surface area contributed by atoms with Crippen molar-refractivity contribution in [2.75, 3.05) is 19.1 Å². The van der Waals surface area contributed by atoms with Crippen LogP contribution in [0.25, 0.3) is 0 Å². The fraction of sp³-hybridized carbons (Fsp3) is 0.357. The summed E-state index contributed by atoms with van der Waals surface area (Å²) in [6, 6.07) is 16.2. The lowest BCUT2D eigenvalue weighted by molar-refractivity contribution is -0.127. The Morgan fingerprint density at radius 1 is 1.03 bits per heavy atom. The molecule has 184 valence electrons. The molecule has 1 aromatic heterocycles. The first-order valence-electron chi connectivity index (χ1n) is 11.9. The van der Waals surface area contributed by atoms with Crippen molar-refractivity contribution in [1.82, 2.24) is 5.32 Å². The summed E-state index contributed by atoms with van der Waals surface area (Å²) < 4.78 is 11.2. The predicted molar refractivity (Wildman–Crippen MR) is 139 cm³/mol. The van der Waals surface area contributed by atoms with Gasteiger partial charge in [0, 0.05) is 22.2 Å². The van der Waals surface area contributed by atoms with Gasteiger partial charge in [0.15, 0.2) is 11.5 Å². The molecule has 1 fully saturated rings. The SMILES string of the molecule is COc1cccc(C(C(=O)NC2CCCC2)N(C(=O)Cc2cccs2)c2ccc(C)cc2)c1OC. The third-order valence-electron chi connectivity index (χ3n) is 6.42. The summed E-state index contributed by atoms with van der Waals surface area (Å²) in [5.74, 6) is 0.581. The van der Waals surface area contributed by atoms with Crippen molar-refractivity contribution >= 4 is 28.8 Å². The van der Waals surface area contributed by atoms with E-state index in [1.807, 2.05) is 60.8 Å². The van der Waals surface area contributed by atoms with E-state index in [0.717, 1.165) is 36.1 Å². The molecule has 0 saturated heterocycles. The zero-order valence-electron chi connectivity index (χ0n) is 20.5. The fourth-order valence-corrected chi connectivity index (χ4v) is 5.36. The van der Waals surface area contributed by atoms with Gasteiger partial charge in [-0.15, -0.1) is 11.3 Å². The lowest BCUT2D eigenvalue weighted by Crippen LogP contribution is -2.47. The summed E-state index contributed by atoms with van der Waals surface area (Å²) in [6.45, 7) is 2.00. The molecule has 1 atom stereocenters. The Labute approximate surface area is 210 Å². The molecule has 1 heterocycles. The van der Waals surface area contributed by atoms with E-state index in [2.05, 4.69) is 5.32 Å². The molecule has 0 bridgehead atoms. The maximum absolute atomic E-state index is 14.0. The van der Waals surface area contributed by atoms with Gasteiger partial charge in [-0.25, -0.2) is 0 Å². The van der Waals surface area contributed by atoms with Crippen LogP contribution >= 0.6 is 11.3 Å². The normalized spacial score (nSPS) is 14.4. The number of thiophene rings is 1. The van der Waals surface area contributed by atoms with Gasteiger partial charge in [0.1, 0.15) is 6.04 Å². The number of anilines is 1. The van der Waals surface area contributed by atoms with Crippen LogP contribution in [0.3, 0.4) is 0 Å². The van der Waals surface area contributed by atoms with Crippen molar-refractivity contribution in [2.24, 2.45) is 0 Å². The highest BCUT2D eigenvalue weighted by Gasteiger charge is 2.36. The van der Waals surface area contributed by atoms with Crippen LogP contribution in [0.4, 0.5) is 5.69 Å². The minimum Gasteiger partial charge on any atom is -0.493 e. The number of carbonyl (C=O) groups excluding carboxylic acids is 2. The average Bonchev–Trinajstić information content (AvgIpc) is 3.57. The van der Waals surface area contributed by atoms with Crippen molar-refractivity contribution in [3.05, 3.63) is 76.0 Å². The Balaban J connectivity index is 1.84. The first kappa shape index (κ1) is 24.8. The zero-order chi connectivity index (χ0) is 24.8. The van der Waals surface area contributed by atoms with Gasteiger partial charge in [-0.3, -0.25) is 14.5 Å². The van der Waals surface area contributed by atoms with Crippen LogP contribution in [0, 0.1) is 6.92 Å². The minimum atomic E-state index is -0.921. The van der Waals surface area contributed by atoms with E-state index < -0.39 is 6.04 Å². The van der Waals surface area contributed by atoms with Crippen LogP contribution < -0.4 is 19.7 Å². The third kappa shape index (κ3) is 5.68. The van der Waals surface area contributed by atoms with Gasteiger partial charge >= 0.3 is 0 Å². The molecule has 6 nitrogen and oxygen atoms in total. The quantitative estimate of drug-likeness (QED) is 0.431. The van der Waals surface area contributed by atoms with Gasteiger partial charge in [-0.05, 0) is 49.4 Å². The molecule has 3 aromatic rings. The molecule has 2 amide bonds. The van der Waals surface area contributed by atoms with E-state index in [-0.39, 0.29) is 24.3 Å². The molecule has 1 aliphatic carbocycles. The molecule has 1 unspecified atom stereocenters. The van der Waals surface area contributed by atoms with Gasteiger partial charge in [0.2, 0.25) is 11.8 Å². The van der Waals surface area contributed by atoms with E-state index in [1.165, 1.54) is 11.3 Å². The maximum atomic E-state index is 14.0. The van der Waals surface area contributed by atoms with E-state index in [0.29, 0.717) is 22.7 Å². The van der Waals surface area contributed by atoms with E-state index in [9.17, 15) is 9.59 Å². The number of carbonyl (C=O) groups is 2. The number of hydrogen-bond donors (Lipinski definition) is 1. The summed E-state index contributed by atoms with van der Waals surface area (Å²) >= 11 is 1.53. The summed E-state index contributed by atoms with van der Waals surface area (Å²) in [7, 11) is 3.12. The number of para-hydroxylation sites is 1. The van der Waals surface area contributed by atoms with E-state index in [4.69, 9.17) is 9.47 Å². The highest BCUT2D eigenvalue weighted by Crippen LogP contribution is 2.39. The van der Waals surface area contributed by atoms with Crippen LogP contribution in [0.2, 0.25) is 0 Å². The van der Waals surface area contributed by atoms with Crippen molar-refractivity contribution < 1.29 is 19.1 Å². The third-order valence-corrected chi connectivity index (χ3v) is 7.30. The molecule has 0 aliphatic heterocycles. The van der Waals surface area contributed by atoms with E-state index >= 15 is 0 Å². The molecule has 1 aliphatic rings. The zero-order valence-corrected chi connectivity index (χ0v) is 21.3. The second-order valence-electron chi connectivity index (χ2n) is 8.83. The number of methoxy groups -OCH3 is 2. The lowest BCUT2D eigenvalue weighted by atomic mass is 9.99. The van der Waals surface area contributed by atoms with Gasteiger partial charge in [0.25, 0.3) is 0 Å². The Bertz CT molecular complexity index is 1140. The smallest absolute Gasteiger partial charge is 0.248 e. The Hall–Kier alpha value is -3.32. The Kier molecular flexibility index (Phi) is 8.08. The first-order valence-corrected chi connectivity index (χ1v) is 12.8. The second-order valence-corrected chi connectivity index (χ2v) is 9.86. The number of benzene rings is 2. The fourth-order valence-electron chi connectivity index (χ4n) is 4.66. The molecule has 1 saturated carbocycles. The molecule has 2 aromatic carbocycles. The van der Waals surface area contributed by atoms with Crippen molar-refractivity contribution in [1.29, 1.82) is 0 Å². The molecule has 0 spiro atoms.